The first-order valence-electron chi connectivity index (χ1n) is 10.1. The van der Waals surface area contributed by atoms with Gasteiger partial charge in [-0.15, -0.1) is 0 Å². The fraction of sp³-hybridized carbons (Fsp3) is 0.333. The predicted molar refractivity (Wildman–Crippen MR) is 113 cm³/mol. The standard InChI is InChI=1S/C24H26N2O2/c1-17-7-2-3-9-19(17)13-12-18-8-6-14-26(16-18)24(28)21-15-23(27)25-22-11-5-4-10-20(21)22/h2-5,7,9-11,15,18H,6,8,12-14,16H2,1H3,(H,25,27)/t18-/m1/s1. The zero-order valence-electron chi connectivity index (χ0n) is 16.3. The van der Waals surface area contributed by atoms with Crippen LogP contribution in [0.25, 0.3) is 10.9 Å². The Labute approximate surface area is 165 Å². The Bertz CT molecular complexity index is 1050. The molecule has 1 aromatic heterocycles. The van der Waals surface area contributed by atoms with E-state index in [-0.39, 0.29) is 11.5 Å². The number of hydrogen-bond acceptors (Lipinski definition) is 2. The number of pyridine rings is 1. The van der Waals surface area contributed by atoms with Crippen molar-refractivity contribution in [3.05, 3.63) is 81.6 Å². The van der Waals surface area contributed by atoms with Gasteiger partial charge in [-0.05, 0) is 55.7 Å². The minimum absolute atomic E-state index is 0.0251. The number of piperidine rings is 1. The van der Waals surface area contributed by atoms with Gasteiger partial charge >= 0.3 is 0 Å². The second-order valence-electron chi connectivity index (χ2n) is 7.82. The van der Waals surface area contributed by atoms with Gasteiger partial charge in [0, 0.05) is 30.1 Å². The molecule has 144 valence electrons. The number of benzene rings is 2. The average molecular weight is 374 g/mol. The van der Waals surface area contributed by atoms with Crippen molar-refractivity contribution >= 4 is 16.8 Å². The number of aromatic amines is 1. The summed E-state index contributed by atoms with van der Waals surface area (Å²) in [6, 6.07) is 17.5. The summed E-state index contributed by atoms with van der Waals surface area (Å²) in [5.41, 5.74) is 3.73. The minimum atomic E-state index is -0.227. The summed E-state index contributed by atoms with van der Waals surface area (Å²) in [4.78, 5) is 30.0. The van der Waals surface area contributed by atoms with E-state index >= 15 is 0 Å². The third-order valence-electron chi connectivity index (χ3n) is 5.87. The van der Waals surface area contributed by atoms with Gasteiger partial charge in [0.1, 0.15) is 0 Å². The zero-order valence-corrected chi connectivity index (χ0v) is 16.3. The van der Waals surface area contributed by atoms with Crippen LogP contribution in [0.4, 0.5) is 0 Å². The lowest BCUT2D eigenvalue weighted by Crippen LogP contribution is -2.40. The fourth-order valence-corrected chi connectivity index (χ4v) is 4.29. The molecule has 0 spiro atoms. The zero-order chi connectivity index (χ0) is 19.5. The molecule has 2 aromatic carbocycles. The Morgan fingerprint density at radius 2 is 1.93 bits per heavy atom. The number of aryl methyl sites for hydroxylation is 2. The van der Waals surface area contributed by atoms with Crippen LogP contribution in [0.2, 0.25) is 0 Å². The highest BCUT2D eigenvalue weighted by atomic mass is 16.2. The van der Waals surface area contributed by atoms with E-state index in [1.165, 1.54) is 17.2 Å². The molecule has 4 rings (SSSR count). The van der Waals surface area contributed by atoms with Gasteiger partial charge in [-0.3, -0.25) is 9.59 Å². The Morgan fingerprint density at radius 3 is 2.79 bits per heavy atom. The highest BCUT2D eigenvalue weighted by Crippen LogP contribution is 2.25. The predicted octanol–water partition coefficient (Wildman–Crippen LogP) is 4.32. The van der Waals surface area contributed by atoms with Crippen LogP contribution in [0, 0.1) is 12.8 Å². The van der Waals surface area contributed by atoms with E-state index in [0.29, 0.717) is 17.0 Å². The van der Waals surface area contributed by atoms with E-state index in [1.54, 1.807) is 0 Å². The largest absolute Gasteiger partial charge is 0.338 e. The van der Waals surface area contributed by atoms with Crippen LogP contribution in [-0.4, -0.2) is 28.9 Å². The van der Waals surface area contributed by atoms with Gasteiger partial charge in [-0.25, -0.2) is 0 Å². The van der Waals surface area contributed by atoms with E-state index in [0.717, 1.165) is 44.2 Å². The fourth-order valence-electron chi connectivity index (χ4n) is 4.29. The van der Waals surface area contributed by atoms with Crippen molar-refractivity contribution < 1.29 is 4.79 Å². The number of rotatable bonds is 4. The van der Waals surface area contributed by atoms with Crippen LogP contribution >= 0.6 is 0 Å². The number of nitrogens with zero attached hydrogens (tertiary/aromatic N) is 1. The molecule has 1 N–H and O–H groups in total. The van der Waals surface area contributed by atoms with Crippen LogP contribution < -0.4 is 5.56 Å². The average Bonchev–Trinajstić information content (AvgIpc) is 2.72. The molecule has 1 aliphatic heterocycles. The number of aromatic nitrogens is 1. The molecule has 1 saturated heterocycles. The molecule has 3 aromatic rings. The highest BCUT2D eigenvalue weighted by Gasteiger charge is 2.25. The second-order valence-corrected chi connectivity index (χ2v) is 7.82. The Hall–Kier alpha value is -2.88. The number of carbonyl (C=O) groups is 1. The Morgan fingerprint density at radius 1 is 1.14 bits per heavy atom. The number of likely N-dealkylation sites (tertiary alicyclic amines) is 1. The lowest BCUT2D eigenvalue weighted by molar-refractivity contribution is 0.0670. The number of para-hydroxylation sites is 1. The van der Waals surface area contributed by atoms with Crippen LogP contribution in [-0.2, 0) is 6.42 Å². The first-order chi connectivity index (χ1) is 13.6. The summed E-state index contributed by atoms with van der Waals surface area (Å²) in [5, 5.41) is 0.814. The van der Waals surface area contributed by atoms with Gasteiger partial charge in [0.15, 0.2) is 0 Å². The van der Waals surface area contributed by atoms with Crippen molar-refractivity contribution in [1.29, 1.82) is 0 Å². The molecular formula is C24H26N2O2. The molecule has 2 heterocycles. The van der Waals surface area contributed by atoms with Crippen LogP contribution in [0.5, 0.6) is 0 Å². The molecule has 4 heteroatoms. The Balaban J connectivity index is 1.50. The number of amides is 1. The van der Waals surface area contributed by atoms with Gasteiger partial charge < -0.3 is 9.88 Å². The van der Waals surface area contributed by atoms with E-state index < -0.39 is 0 Å². The Kier molecular flexibility index (Phi) is 5.29. The molecule has 28 heavy (non-hydrogen) atoms. The molecule has 0 aliphatic carbocycles. The summed E-state index contributed by atoms with van der Waals surface area (Å²) in [6.07, 6.45) is 4.31. The molecule has 4 nitrogen and oxygen atoms in total. The first-order valence-corrected chi connectivity index (χ1v) is 10.1. The quantitative estimate of drug-likeness (QED) is 0.739. The van der Waals surface area contributed by atoms with E-state index in [9.17, 15) is 9.59 Å². The minimum Gasteiger partial charge on any atom is -0.338 e. The van der Waals surface area contributed by atoms with Crippen LogP contribution in [0.15, 0.2) is 59.4 Å². The molecule has 0 unspecified atom stereocenters. The third-order valence-corrected chi connectivity index (χ3v) is 5.87. The highest BCUT2D eigenvalue weighted by molar-refractivity contribution is 6.05. The maximum atomic E-state index is 13.2. The van der Waals surface area contributed by atoms with Crippen LogP contribution in [0.1, 0.15) is 40.7 Å². The summed E-state index contributed by atoms with van der Waals surface area (Å²) in [7, 11) is 0. The van der Waals surface area contributed by atoms with Crippen molar-refractivity contribution in [2.24, 2.45) is 5.92 Å². The molecule has 1 atom stereocenters. The van der Waals surface area contributed by atoms with Gasteiger partial charge in [0.05, 0.1) is 5.56 Å². The van der Waals surface area contributed by atoms with E-state index in [2.05, 4.69) is 36.2 Å². The lowest BCUT2D eigenvalue weighted by Gasteiger charge is -2.33. The third kappa shape index (κ3) is 3.86. The van der Waals surface area contributed by atoms with Gasteiger partial charge in [-0.2, -0.15) is 0 Å². The van der Waals surface area contributed by atoms with E-state index in [1.807, 2.05) is 29.2 Å². The second kappa shape index (κ2) is 8.01. The molecule has 0 saturated carbocycles. The maximum absolute atomic E-state index is 13.2. The summed E-state index contributed by atoms with van der Waals surface area (Å²) in [6.45, 7) is 3.69. The number of fused-ring (bicyclic) bond motifs is 1. The summed E-state index contributed by atoms with van der Waals surface area (Å²) in [5.74, 6) is 0.480. The van der Waals surface area contributed by atoms with Crippen molar-refractivity contribution in [3.63, 3.8) is 0 Å². The number of nitrogens with one attached hydrogen (secondary N) is 1. The normalized spacial score (nSPS) is 17.0. The van der Waals surface area contributed by atoms with Crippen molar-refractivity contribution in [1.82, 2.24) is 9.88 Å². The van der Waals surface area contributed by atoms with Crippen molar-refractivity contribution in [3.8, 4) is 0 Å². The summed E-state index contributed by atoms with van der Waals surface area (Å²) >= 11 is 0. The molecule has 1 fully saturated rings. The molecule has 1 aliphatic rings. The SMILES string of the molecule is Cc1ccccc1CC[C@H]1CCCN(C(=O)c2cc(=O)[nH]c3ccccc23)C1. The van der Waals surface area contributed by atoms with Gasteiger partial charge in [0.25, 0.3) is 5.91 Å². The van der Waals surface area contributed by atoms with Crippen LogP contribution in [0.3, 0.4) is 0 Å². The van der Waals surface area contributed by atoms with Crippen molar-refractivity contribution in [2.75, 3.05) is 13.1 Å². The summed E-state index contributed by atoms with van der Waals surface area (Å²) < 4.78 is 0. The molecular weight excluding hydrogens is 348 g/mol. The topological polar surface area (TPSA) is 53.2 Å². The number of carbonyl (C=O) groups excluding carboxylic acids is 1. The molecule has 1 amide bonds. The number of H-pyrrole nitrogens is 1. The van der Waals surface area contributed by atoms with Crippen molar-refractivity contribution in [2.45, 2.75) is 32.6 Å². The van der Waals surface area contributed by atoms with Gasteiger partial charge in [0.2, 0.25) is 5.56 Å². The monoisotopic (exact) mass is 374 g/mol. The number of hydrogen-bond donors (Lipinski definition) is 1. The smallest absolute Gasteiger partial charge is 0.254 e. The molecule has 0 radical (unpaired) electrons. The molecule has 0 bridgehead atoms. The first kappa shape index (κ1) is 18.5. The maximum Gasteiger partial charge on any atom is 0.254 e. The van der Waals surface area contributed by atoms with Gasteiger partial charge in [-0.1, -0.05) is 42.5 Å². The van der Waals surface area contributed by atoms with E-state index in [4.69, 9.17) is 0 Å². The lowest BCUT2D eigenvalue weighted by atomic mass is 9.90.